The maximum absolute atomic E-state index is 11.0. The minimum absolute atomic E-state index is 0.160. The van der Waals surface area contributed by atoms with Crippen LogP contribution in [-0.4, -0.2) is 9.38 Å². The molecule has 0 unspecified atom stereocenters. The first-order chi connectivity index (χ1) is 5.27. The quantitative estimate of drug-likeness (QED) is 0.562. The summed E-state index contributed by atoms with van der Waals surface area (Å²) in [5.74, 6) is 0. The highest BCUT2D eigenvalue weighted by molar-refractivity contribution is 5.50. The summed E-state index contributed by atoms with van der Waals surface area (Å²) in [7, 11) is 0. The number of hydrogen-bond acceptors (Lipinski definition) is 2. The highest BCUT2D eigenvalue weighted by atomic mass is 16.1. The van der Waals surface area contributed by atoms with E-state index < -0.39 is 0 Å². The van der Waals surface area contributed by atoms with Gasteiger partial charge in [-0.15, -0.1) is 0 Å². The van der Waals surface area contributed by atoms with Crippen LogP contribution in [0.4, 0.5) is 5.69 Å². The number of rotatable bonds is 0. The molecule has 56 valence electrons. The molecule has 0 saturated heterocycles. The number of pyridine rings is 1. The number of nitrogen functional groups attached to an aromatic ring is 1. The topological polar surface area (TPSA) is 63.3 Å². The number of anilines is 1. The Bertz CT molecular complexity index is 440. The van der Waals surface area contributed by atoms with E-state index in [1.807, 2.05) is 0 Å². The Labute approximate surface area is 62.3 Å². The number of hydrogen-bond donors (Lipinski definition) is 2. The molecule has 0 atom stereocenters. The van der Waals surface area contributed by atoms with Crippen LogP contribution in [0.25, 0.3) is 5.52 Å². The average Bonchev–Trinajstić information content (AvgIpc) is 2.33. The van der Waals surface area contributed by atoms with E-state index in [-0.39, 0.29) is 5.69 Å². The van der Waals surface area contributed by atoms with E-state index in [0.717, 1.165) is 5.52 Å². The fraction of sp³-hybridized carbons (Fsp3) is 0. The van der Waals surface area contributed by atoms with E-state index in [9.17, 15) is 4.79 Å². The largest absolute Gasteiger partial charge is 0.398 e. The molecule has 0 aliphatic carbocycles. The number of fused-ring (bicyclic) bond motifs is 1. The monoisotopic (exact) mass is 149 g/mol. The lowest BCUT2D eigenvalue weighted by atomic mass is 10.4. The smallest absolute Gasteiger partial charge is 0.330 e. The zero-order valence-corrected chi connectivity index (χ0v) is 5.74. The van der Waals surface area contributed by atoms with Crippen LogP contribution in [0.1, 0.15) is 0 Å². The van der Waals surface area contributed by atoms with Gasteiger partial charge in [-0.2, -0.15) is 0 Å². The molecule has 0 aliphatic heterocycles. The summed E-state index contributed by atoms with van der Waals surface area (Å²) >= 11 is 0. The van der Waals surface area contributed by atoms with Gasteiger partial charge >= 0.3 is 5.69 Å². The maximum atomic E-state index is 11.0. The molecule has 0 amide bonds. The van der Waals surface area contributed by atoms with Crippen LogP contribution in [0.5, 0.6) is 0 Å². The number of nitrogens with zero attached hydrogens (tertiary/aromatic N) is 1. The van der Waals surface area contributed by atoms with Crippen LogP contribution in [0.15, 0.2) is 29.3 Å². The highest BCUT2D eigenvalue weighted by Crippen LogP contribution is 2.03. The van der Waals surface area contributed by atoms with Gasteiger partial charge in [-0.05, 0) is 12.1 Å². The minimum atomic E-state index is -0.160. The molecule has 0 aromatic carbocycles. The minimum Gasteiger partial charge on any atom is -0.398 e. The molecule has 0 spiro atoms. The normalized spacial score (nSPS) is 10.5. The van der Waals surface area contributed by atoms with Crippen molar-refractivity contribution in [3.8, 4) is 0 Å². The van der Waals surface area contributed by atoms with Crippen LogP contribution in [0, 0.1) is 0 Å². The van der Waals surface area contributed by atoms with Gasteiger partial charge in [0.25, 0.3) is 0 Å². The number of nitrogens with one attached hydrogen (secondary N) is 1. The first-order valence-electron chi connectivity index (χ1n) is 3.22. The van der Waals surface area contributed by atoms with Crippen molar-refractivity contribution in [1.29, 1.82) is 0 Å². The lowest BCUT2D eigenvalue weighted by Gasteiger charge is -1.92. The van der Waals surface area contributed by atoms with Gasteiger partial charge in [-0.25, -0.2) is 4.79 Å². The molecule has 0 saturated carbocycles. The fourth-order valence-corrected chi connectivity index (χ4v) is 1.03. The molecule has 0 radical (unpaired) electrons. The number of nitrogens with two attached hydrogens (primary N) is 1. The summed E-state index contributed by atoms with van der Waals surface area (Å²) in [4.78, 5) is 13.5. The van der Waals surface area contributed by atoms with Gasteiger partial charge in [0.15, 0.2) is 0 Å². The van der Waals surface area contributed by atoms with Crippen molar-refractivity contribution in [2.45, 2.75) is 0 Å². The fourth-order valence-electron chi connectivity index (χ4n) is 1.03. The van der Waals surface area contributed by atoms with Crippen molar-refractivity contribution in [3.63, 3.8) is 0 Å². The summed E-state index contributed by atoms with van der Waals surface area (Å²) in [6, 6.07) is 3.54. The molecular weight excluding hydrogens is 142 g/mol. The van der Waals surface area contributed by atoms with Crippen molar-refractivity contribution >= 4 is 11.2 Å². The molecule has 0 bridgehead atoms. The zero-order valence-electron chi connectivity index (χ0n) is 5.74. The zero-order chi connectivity index (χ0) is 7.84. The van der Waals surface area contributed by atoms with Gasteiger partial charge in [-0.1, -0.05) is 0 Å². The Kier molecular flexibility index (Phi) is 1.03. The summed E-state index contributed by atoms with van der Waals surface area (Å²) in [6.45, 7) is 0. The Morgan fingerprint density at radius 1 is 1.45 bits per heavy atom. The van der Waals surface area contributed by atoms with E-state index in [1.54, 1.807) is 24.5 Å². The summed E-state index contributed by atoms with van der Waals surface area (Å²) in [6.07, 6.45) is 3.23. The Balaban J connectivity index is 2.99. The van der Waals surface area contributed by atoms with E-state index in [4.69, 9.17) is 5.73 Å². The van der Waals surface area contributed by atoms with Crippen molar-refractivity contribution in [2.75, 3.05) is 5.73 Å². The highest BCUT2D eigenvalue weighted by Gasteiger charge is 1.95. The lowest BCUT2D eigenvalue weighted by molar-refractivity contribution is 1.07. The average molecular weight is 149 g/mol. The van der Waals surface area contributed by atoms with Gasteiger partial charge in [0.2, 0.25) is 0 Å². The number of aromatic amines is 1. The SMILES string of the molecule is Nc1ccc2c[nH]c(=O)n2c1. The van der Waals surface area contributed by atoms with Gasteiger partial charge < -0.3 is 10.7 Å². The third-order valence-electron chi connectivity index (χ3n) is 1.57. The molecule has 11 heavy (non-hydrogen) atoms. The van der Waals surface area contributed by atoms with Crippen LogP contribution in [0.2, 0.25) is 0 Å². The first-order valence-corrected chi connectivity index (χ1v) is 3.22. The molecule has 2 rings (SSSR count). The molecule has 3 N–H and O–H groups in total. The molecular formula is C7H7N3O. The van der Waals surface area contributed by atoms with Crippen molar-refractivity contribution in [1.82, 2.24) is 9.38 Å². The second kappa shape index (κ2) is 1.88. The molecule has 2 aromatic heterocycles. The summed E-state index contributed by atoms with van der Waals surface area (Å²) in [5.41, 5.74) is 6.72. The van der Waals surface area contributed by atoms with Crippen molar-refractivity contribution in [2.24, 2.45) is 0 Å². The Morgan fingerprint density at radius 2 is 2.27 bits per heavy atom. The molecule has 0 aliphatic rings. The van der Waals surface area contributed by atoms with Crippen LogP contribution in [-0.2, 0) is 0 Å². The molecule has 2 heterocycles. The molecule has 4 heteroatoms. The van der Waals surface area contributed by atoms with Gasteiger partial charge in [0.05, 0.1) is 5.52 Å². The first kappa shape index (κ1) is 6.03. The van der Waals surface area contributed by atoms with E-state index in [1.165, 1.54) is 4.40 Å². The third kappa shape index (κ3) is 0.797. The van der Waals surface area contributed by atoms with Gasteiger partial charge in [0, 0.05) is 18.1 Å². The second-order valence-corrected chi connectivity index (χ2v) is 2.35. The molecule has 0 fully saturated rings. The van der Waals surface area contributed by atoms with E-state index in [2.05, 4.69) is 4.98 Å². The lowest BCUT2D eigenvalue weighted by Crippen LogP contribution is -2.08. The van der Waals surface area contributed by atoms with E-state index in [0.29, 0.717) is 5.69 Å². The predicted molar refractivity (Wildman–Crippen MR) is 42.4 cm³/mol. The van der Waals surface area contributed by atoms with Crippen LogP contribution < -0.4 is 11.4 Å². The maximum Gasteiger partial charge on any atom is 0.330 e. The third-order valence-corrected chi connectivity index (χ3v) is 1.57. The van der Waals surface area contributed by atoms with E-state index >= 15 is 0 Å². The molecule has 4 nitrogen and oxygen atoms in total. The Morgan fingerprint density at radius 3 is 3.09 bits per heavy atom. The van der Waals surface area contributed by atoms with Crippen molar-refractivity contribution < 1.29 is 0 Å². The second-order valence-electron chi connectivity index (χ2n) is 2.35. The number of aromatic nitrogens is 2. The van der Waals surface area contributed by atoms with Crippen molar-refractivity contribution in [3.05, 3.63) is 35.0 Å². The van der Waals surface area contributed by atoms with Gasteiger partial charge in [0.1, 0.15) is 0 Å². The summed E-state index contributed by atoms with van der Waals surface area (Å²) in [5, 5.41) is 0. The van der Waals surface area contributed by atoms with Crippen LogP contribution >= 0.6 is 0 Å². The molecule has 2 aromatic rings. The number of H-pyrrole nitrogens is 1. The van der Waals surface area contributed by atoms with Crippen LogP contribution in [0.3, 0.4) is 0 Å². The number of imidazole rings is 1. The standard InChI is InChI=1S/C7H7N3O/c8-5-1-2-6-3-9-7(11)10(6)4-5/h1-4H,8H2,(H,9,11). The Hall–Kier alpha value is -1.71. The summed E-state index contributed by atoms with van der Waals surface area (Å²) < 4.78 is 1.47. The van der Waals surface area contributed by atoms with Gasteiger partial charge in [-0.3, -0.25) is 4.40 Å². The predicted octanol–water partition coefficient (Wildman–Crippen LogP) is 0.210.